The number of carbonyl (C=O) groups is 1. The molecule has 1 aromatic carbocycles. The predicted molar refractivity (Wildman–Crippen MR) is 122 cm³/mol. The minimum Gasteiger partial charge on any atom is -0.376 e. The van der Waals surface area contributed by atoms with Gasteiger partial charge in [0.25, 0.3) is 5.56 Å². The highest BCUT2D eigenvalue weighted by Gasteiger charge is 2.23. The van der Waals surface area contributed by atoms with Crippen molar-refractivity contribution < 1.29 is 13.9 Å². The monoisotopic (exact) mass is 493 g/mol. The average molecular weight is 494 g/mol. The summed E-state index contributed by atoms with van der Waals surface area (Å²) in [6.45, 7) is 1.09. The second kappa shape index (κ2) is 8.81. The maximum Gasteiger partial charge on any atom is 0.272 e. The number of fused-ring (bicyclic) bond motifs is 3. The lowest BCUT2D eigenvalue weighted by Gasteiger charge is -2.13. The Morgan fingerprint density at radius 2 is 2.25 bits per heavy atom. The Kier molecular flexibility index (Phi) is 5.89. The summed E-state index contributed by atoms with van der Waals surface area (Å²) in [5.74, 6) is -0.619. The first-order chi connectivity index (χ1) is 15.5. The number of nitrogens with one attached hydrogen (secondary N) is 1. The highest BCUT2D eigenvalue weighted by molar-refractivity contribution is 7.99. The van der Waals surface area contributed by atoms with E-state index in [1.165, 1.54) is 23.5 Å². The Bertz CT molecular complexity index is 1380. The van der Waals surface area contributed by atoms with Crippen LogP contribution in [0.15, 0.2) is 39.6 Å². The molecule has 4 aromatic rings. The molecule has 0 unspecified atom stereocenters. The number of nitrogens with zero attached hydrogens (tertiary/aromatic N) is 4. The summed E-state index contributed by atoms with van der Waals surface area (Å²) < 4.78 is 23.6. The van der Waals surface area contributed by atoms with Crippen LogP contribution in [0.25, 0.3) is 16.0 Å². The van der Waals surface area contributed by atoms with Crippen LogP contribution in [0.2, 0.25) is 5.02 Å². The molecule has 0 bridgehead atoms. The first-order valence-electron chi connectivity index (χ1n) is 9.85. The number of ether oxygens (including phenoxy) is 1. The van der Waals surface area contributed by atoms with Gasteiger partial charge in [0.1, 0.15) is 10.5 Å². The van der Waals surface area contributed by atoms with Gasteiger partial charge in [-0.15, -0.1) is 21.5 Å². The quantitative estimate of drug-likeness (QED) is 0.411. The van der Waals surface area contributed by atoms with Gasteiger partial charge in [-0.2, -0.15) is 0 Å². The van der Waals surface area contributed by atoms with Crippen molar-refractivity contribution in [1.82, 2.24) is 19.2 Å². The van der Waals surface area contributed by atoms with Gasteiger partial charge in [-0.1, -0.05) is 23.4 Å². The normalized spacial score (nSPS) is 16.2. The molecule has 12 heteroatoms. The van der Waals surface area contributed by atoms with Crippen molar-refractivity contribution in [2.24, 2.45) is 0 Å². The first-order valence-corrected chi connectivity index (χ1v) is 12.1. The third kappa shape index (κ3) is 4.01. The van der Waals surface area contributed by atoms with Crippen LogP contribution in [0.1, 0.15) is 12.8 Å². The maximum absolute atomic E-state index is 13.9. The van der Waals surface area contributed by atoms with Gasteiger partial charge in [-0.25, -0.2) is 4.39 Å². The molecular weight excluding hydrogens is 477 g/mol. The molecule has 0 saturated carbocycles. The Labute approximate surface area is 194 Å². The van der Waals surface area contributed by atoms with E-state index in [1.54, 1.807) is 8.97 Å². The highest BCUT2D eigenvalue weighted by Crippen LogP contribution is 2.26. The molecule has 1 N–H and O–H groups in total. The molecule has 0 radical (unpaired) electrons. The van der Waals surface area contributed by atoms with Gasteiger partial charge in [0.15, 0.2) is 5.16 Å². The molecule has 0 aliphatic carbocycles. The van der Waals surface area contributed by atoms with E-state index in [4.69, 9.17) is 16.3 Å². The van der Waals surface area contributed by atoms with E-state index in [2.05, 4.69) is 15.5 Å². The van der Waals surface area contributed by atoms with Gasteiger partial charge >= 0.3 is 0 Å². The van der Waals surface area contributed by atoms with E-state index in [-0.39, 0.29) is 28.1 Å². The standard InChI is InChI=1S/C20H17ClFN5O3S2/c21-11-3-4-14(13(22)8-11)23-16(28)10-32-20-25-24-19-26(9-12-2-1-6-30-12)18(29)17-15(27(19)20)5-7-31-17/h3-5,7-8,12H,1-2,6,9-10H2,(H,23,28)/t12-/m1/s1. The van der Waals surface area contributed by atoms with Crippen LogP contribution in [0, 0.1) is 5.82 Å². The second-order valence-electron chi connectivity index (χ2n) is 7.26. The molecule has 1 aliphatic heterocycles. The van der Waals surface area contributed by atoms with Gasteiger partial charge in [-0.3, -0.25) is 18.6 Å². The zero-order valence-corrected chi connectivity index (χ0v) is 19.0. The minimum atomic E-state index is -0.609. The molecular formula is C20H17ClFN5O3S2. The molecule has 1 fully saturated rings. The number of amides is 1. The summed E-state index contributed by atoms with van der Waals surface area (Å²) in [6.07, 6.45) is 1.81. The molecule has 5 rings (SSSR count). The number of thioether (sulfide) groups is 1. The number of carbonyl (C=O) groups excluding carboxylic acids is 1. The molecule has 8 nitrogen and oxygen atoms in total. The van der Waals surface area contributed by atoms with Crippen molar-refractivity contribution in [2.45, 2.75) is 30.6 Å². The van der Waals surface area contributed by atoms with Gasteiger partial charge in [-0.05, 0) is 42.5 Å². The third-order valence-corrected chi connectivity index (χ3v) is 7.19. The smallest absolute Gasteiger partial charge is 0.272 e. The van der Waals surface area contributed by atoms with E-state index >= 15 is 0 Å². The van der Waals surface area contributed by atoms with Gasteiger partial charge in [0.05, 0.1) is 29.6 Å². The second-order valence-corrected chi connectivity index (χ2v) is 9.56. The number of halogens is 2. The first kappa shape index (κ1) is 21.4. The van der Waals surface area contributed by atoms with Crippen molar-refractivity contribution in [3.63, 3.8) is 0 Å². The van der Waals surface area contributed by atoms with Gasteiger partial charge in [0, 0.05) is 11.6 Å². The molecule has 4 heterocycles. The molecule has 1 saturated heterocycles. The Hall–Kier alpha value is -2.47. The lowest BCUT2D eigenvalue weighted by molar-refractivity contribution is -0.113. The lowest BCUT2D eigenvalue weighted by Crippen LogP contribution is -2.28. The van der Waals surface area contributed by atoms with Crippen LogP contribution in [0.3, 0.4) is 0 Å². The van der Waals surface area contributed by atoms with Crippen molar-refractivity contribution in [2.75, 3.05) is 17.7 Å². The number of aromatic nitrogens is 4. The van der Waals surface area contributed by atoms with E-state index in [1.807, 2.05) is 11.4 Å². The van der Waals surface area contributed by atoms with Crippen LogP contribution >= 0.6 is 34.7 Å². The maximum atomic E-state index is 13.9. The lowest BCUT2D eigenvalue weighted by atomic mass is 10.2. The summed E-state index contributed by atoms with van der Waals surface area (Å²) in [7, 11) is 0. The van der Waals surface area contributed by atoms with Gasteiger partial charge < -0.3 is 10.1 Å². The van der Waals surface area contributed by atoms with Crippen LogP contribution in [-0.4, -0.2) is 43.5 Å². The van der Waals surface area contributed by atoms with Crippen molar-refractivity contribution in [3.8, 4) is 0 Å². The highest BCUT2D eigenvalue weighted by atomic mass is 35.5. The van der Waals surface area contributed by atoms with E-state index in [0.29, 0.717) is 34.3 Å². The topological polar surface area (TPSA) is 90.5 Å². The van der Waals surface area contributed by atoms with Crippen molar-refractivity contribution in [3.05, 3.63) is 50.8 Å². The van der Waals surface area contributed by atoms with E-state index in [0.717, 1.165) is 30.7 Å². The summed E-state index contributed by atoms with van der Waals surface area (Å²) in [6, 6.07) is 5.88. The molecule has 1 amide bonds. The number of hydrogen-bond acceptors (Lipinski definition) is 7. The molecule has 3 aromatic heterocycles. The van der Waals surface area contributed by atoms with Crippen molar-refractivity contribution >= 4 is 62.3 Å². The molecule has 1 atom stereocenters. The zero-order valence-electron chi connectivity index (χ0n) is 16.6. The number of thiophene rings is 1. The van der Waals surface area contributed by atoms with Gasteiger partial charge in [0.2, 0.25) is 11.7 Å². The molecule has 166 valence electrons. The van der Waals surface area contributed by atoms with E-state index in [9.17, 15) is 14.0 Å². The molecule has 1 aliphatic rings. The summed E-state index contributed by atoms with van der Waals surface area (Å²) >= 11 is 8.25. The largest absolute Gasteiger partial charge is 0.376 e. The van der Waals surface area contributed by atoms with Crippen LogP contribution in [0.4, 0.5) is 10.1 Å². The minimum absolute atomic E-state index is 0.0145. The summed E-state index contributed by atoms with van der Waals surface area (Å²) in [5.41, 5.74) is 0.616. The van der Waals surface area contributed by atoms with Crippen LogP contribution in [0.5, 0.6) is 0 Å². The van der Waals surface area contributed by atoms with Crippen LogP contribution < -0.4 is 10.9 Å². The number of anilines is 1. The third-order valence-electron chi connectivity index (χ3n) is 5.13. The fourth-order valence-corrected chi connectivity index (χ4v) is 5.38. The fourth-order valence-electron chi connectivity index (χ4n) is 3.66. The molecule has 32 heavy (non-hydrogen) atoms. The molecule has 0 spiro atoms. The Morgan fingerprint density at radius 3 is 3.03 bits per heavy atom. The number of hydrogen-bond donors (Lipinski definition) is 1. The predicted octanol–water partition coefficient (Wildman–Crippen LogP) is 3.81. The van der Waals surface area contributed by atoms with Crippen molar-refractivity contribution in [1.29, 1.82) is 0 Å². The number of benzene rings is 1. The SMILES string of the molecule is O=C(CSc1nnc2n(C[C@H]3CCCO3)c(=O)c3sccc3n12)Nc1ccc(Cl)cc1F. The zero-order chi connectivity index (χ0) is 22.2. The summed E-state index contributed by atoms with van der Waals surface area (Å²) in [4.78, 5) is 25.4. The average Bonchev–Trinajstić information content (AvgIpc) is 3.52. The Balaban J connectivity index is 1.42. The summed E-state index contributed by atoms with van der Waals surface area (Å²) in [5, 5.41) is 13.5. The van der Waals surface area contributed by atoms with Crippen LogP contribution in [-0.2, 0) is 16.1 Å². The number of rotatable bonds is 6. The fraction of sp³-hybridized carbons (Fsp3) is 0.300. The Morgan fingerprint density at radius 1 is 1.38 bits per heavy atom. The van der Waals surface area contributed by atoms with E-state index < -0.39 is 11.7 Å².